The molecular formula is C9H10FNO2. The molecule has 0 amide bonds. The van der Waals surface area contributed by atoms with E-state index >= 15 is 0 Å². The average Bonchev–Trinajstić information content (AvgIpc) is 2.92. The molecule has 4 heteroatoms. The molecule has 70 valence electrons. The SMILES string of the molecule is O=CC1C=C(OC2CC2)C=NC1F. The van der Waals surface area contributed by atoms with Gasteiger partial charge in [-0.3, -0.25) is 4.99 Å². The van der Waals surface area contributed by atoms with Crippen LogP contribution >= 0.6 is 0 Å². The topological polar surface area (TPSA) is 38.7 Å². The summed E-state index contributed by atoms with van der Waals surface area (Å²) in [4.78, 5) is 13.9. The Bertz CT molecular complexity index is 271. The summed E-state index contributed by atoms with van der Waals surface area (Å²) in [6.07, 6.45) is 4.28. The third-order valence-electron chi connectivity index (χ3n) is 2.00. The molecule has 1 fully saturated rings. The van der Waals surface area contributed by atoms with Crippen LogP contribution in [0.2, 0.25) is 0 Å². The Labute approximate surface area is 75.3 Å². The zero-order chi connectivity index (χ0) is 9.26. The number of hydrogen-bond acceptors (Lipinski definition) is 3. The Morgan fingerprint density at radius 1 is 1.62 bits per heavy atom. The van der Waals surface area contributed by atoms with Gasteiger partial charge in [-0.25, -0.2) is 4.39 Å². The molecule has 1 aliphatic carbocycles. The number of dihydropyridines is 1. The van der Waals surface area contributed by atoms with Crippen molar-refractivity contribution in [3.8, 4) is 0 Å². The van der Waals surface area contributed by atoms with Crippen LogP contribution in [0.5, 0.6) is 0 Å². The highest BCUT2D eigenvalue weighted by atomic mass is 19.1. The van der Waals surface area contributed by atoms with Crippen molar-refractivity contribution in [3.63, 3.8) is 0 Å². The quantitative estimate of drug-likeness (QED) is 0.487. The molecule has 2 rings (SSSR count). The minimum atomic E-state index is -1.44. The fourth-order valence-corrected chi connectivity index (χ4v) is 1.11. The van der Waals surface area contributed by atoms with E-state index in [-0.39, 0.29) is 6.10 Å². The maximum Gasteiger partial charge on any atom is 0.202 e. The van der Waals surface area contributed by atoms with Crippen molar-refractivity contribution < 1.29 is 13.9 Å². The zero-order valence-electron chi connectivity index (χ0n) is 7.02. The van der Waals surface area contributed by atoms with Gasteiger partial charge in [0.1, 0.15) is 12.0 Å². The predicted octanol–water partition coefficient (Wildman–Crippen LogP) is 1.24. The van der Waals surface area contributed by atoms with Crippen molar-refractivity contribution in [1.82, 2.24) is 0 Å². The second-order valence-electron chi connectivity index (χ2n) is 3.25. The smallest absolute Gasteiger partial charge is 0.202 e. The van der Waals surface area contributed by atoms with Crippen LogP contribution in [0.15, 0.2) is 16.8 Å². The van der Waals surface area contributed by atoms with Crippen LogP contribution in [0.3, 0.4) is 0 Å². The second-order valence-corrected chi connectivity index (χ2v) is 3.25. The van der Waals surface area contributed by atoms with Crippen molar-refractivity contribution in [3.05, 3.63) is 11.8 Å². The normalized spacial score (nSPS) is 32.5. The van der Waals surface area contributed by atoms with Crippen molar-refractivity contribution in [2.24, 2.45) is 10.9 Å². The molecule has 0 radical (unpaired) electrons. The number of carbonyl (C=O) groups is 1. The molecule has 1 heterocycles. The molecule has 0 saturated heterocycles. The van der Waals surface area contributed by atoms with Gasteiger partial charge >= 0.3 is 0 Å². The monoisotopic (exact) mass is 183 g/mol. The zero-order valence-corrected chi connectivity index (χ0v) is 7.02. The fraction of sp³-hybridized carbons (Fsp3) is 0.556. The van der Waals surface area contributed by atoms with Gasteiger partial charge in [0, 0.05) is 0 Å². The van der Waals surface area contributed by atoms with Gasteiger partial charge in [-0.1, -0.05) is 0 Å². The Hall–Kier alpha value is -1.19. The standard InChI is InChI=1S/C9H10FNO2/c10-9-6(5-12)3-8(4-11-9)13-7-1-2-7/h3-7,9H,1-2H2. The van der Waals surface area contributed by atoms with Crippen LogP contribution in [0.1, 0.15) is 12.8 Å². The maximum absolute atomic E-state index is 12.8. The van der Waals surface area contributed by atoms with E-state index < -0.39 is 12.2 Å². The van der Waals surface area contributed by atoms with E-state index in [4.69, 9.17) is 4.74 Å². The number of rotatable bonds is 3. The van der Waals surface area contributed by atoms with Gasteiger partial charge in [-0.2, -0.15) is 0 Å². The average molecular weight is 183 g/mol. The highest BCUT2D eigenvalue weighted by Crippen LogP contribution is 2.27. The molecule has 13 heavy (non-hydrogen) atoms. The minimum absolute atomic E-state index is 0.251. The molecule has 1 saturated carbocycles. The molecule has 1 aliphatic heterocycles. The molecule has 0 spiro atoms. The van der Waals surface area contributed by atoms with E-state index in [9.17, 15) is 9.18 Å². The van der Waals surface area contributed by atoms with Gasteiger partial charge in [0.25, 0.3) is 0 Å². The summed E-state index contributed by atoms with van der Waals surface area (Å²) in [6.45, 7) is 0. The first-order chi connectivity index (χ1) is 6.29. The highest BCUT2D eigenvalue weighted by Gasteiger charge is 2.27. The minimum Gasteiger partial charge on any atom is -0.489 e. The first-order valence-corrected chi connectivity index (χ1v) is 4.30. The molecular weight excluding hydrogens is 173 g/mol. The Morgan fingerprint density at radius 2 is 2.38 bits per heavy atom. The van der Waals surface area contributed by atoms with E-state index in [0.717, 1.165) is 12.8 Å². The maximum atomic E-state index is 12.8. The van der Waals surface area contributed by atoms with Crippen LogP contribution in [-0.4, -0.2) is 24.9 Å². The van der Waals surface area contributed by atoms with E-state index in [1.54, 1.807) is 0 Å². The first-order valence-electron chi connectivity index (χ1n) is 4.30. The molecule has 0 aromatic heterocycles. The van der Waals surface area contributed by atoms with Crippen LogP contribution in [0, 0.1) is 5.92 Å². The van der Waals surface area contributed by atoms with Gasteiger partial charge in [0.2, 0.25) is 6.30 Å². The van der Waals surface area contributed by atoms with Gasteiger partial charge in [0.05, 0.1) is 18.2 Å². The lowest BCUT2D eigenvalue weighted by Gasteiger charge is -2.14. The molecule has 0 aromatic carbocycles. The third-order valence-corrected chi connectivity index (χ3v) is 2.00. The van der Waals surface area contributed by atoms with Crippen LogP contribution in [0.25, 0.3) is 0 Å². The lowest BCUT2D eigenvalue weighted by Crippen LogP contribution is -2.18. The predicted molar refractivity (Wildman–Crippen MR) is 45.1 cm³/mol. The molecule has 0 bridgehead atoms. The third kappa shape index (κ3) is 1.94. The second kappa shape index (κ2) is 3.28. The van der Waals surface area contributed by atoms with E-state index in [1.165, 1.54) is 12.3 Å². The molecule has 2 atom stereocenters. The van der Waals surface area contributed by atoms with Crippen molar-refractivity contribution in [1.29, 1.82) is 0 Å². The number of halogens is 1. The number of allylic oxidation sites excluding steroid dienone is 1. The largest absolute Gasteiger partial charge is 0.489 e. The van der Waals surface area contributed by atoms with Crippen LogP contribution in [0.4, 0.5) is 4.39 Å². The van der Waals surface area contributed by atoms with E-state index in [2.05, 4.69) is 4.99 Å². The summed E-state index contributed by atoms with van der Waals surface area (Å²) >= 11 is 0. The molecule has 3 nitrogen and oxygen atoms in total. The Kier molecular flexibility index (Phi) is 2.12. The summed E-state index contributed by atoms with van der Waals surface area (Å²) < 4.78 is 18.2. The van der Waals surface area contributed by atoms with E-state index in [0.29, 0.717) is 12.0 Å². The molecule has 2 aliphatic rings. The summed E-state index contributed by atoms with van der Waals surface area (Å²) in [6, 6.07) is 0. The molecule has 2 unspecified atom stereocenters. The van der Waals surface area contributed by atoms with Crippen molar-refractivity contribution in [2.75, 3.05) is 0 Å². The van der Waals surface area contributed by atoms with Crippen molar-refractivity contribution >= 4 is 12.5 Å². The number of carbonyl (C=O) groups excluding carboxylic acids is 1. The van der Waals surface area contributed by atoms with Gasteiger partial charge in [0.15, 0.2) is 0 Å². The van der Waals surface area contributed by atoms with Gasteiger partial charge < -0.3 is 9.53 Å². The highest BCUT2D eigenvalue weighted by molar-refractivity contribution is 5.79. The van der Waals surface area contributed by atoms with Crippen LogP contribution < -0.4 is 0 Å². The Balaban J connectivity index is 2.01. The lowest BCUT2D eigenvalue weighted by atomic mass is 10.1. The molecule has 0 N–H and O–H groups in total. The number of alkyl halides is 1. The van der Waals surface area contributed by atoms with Crippen molar-refractivity contribution in [2.45, 2.75) is 25.2 Å². The summed E-state index contributed by atoms with van der Waals surface area (Å²) in [7, 11) is 0. The van der Waals surface area contributed by atoms with E-state index in [1.807, 2.05) is 0 Å². The number of nitrogens with zero attached hydrogens (tertiary/aromatic N) is 1. The number of hydrogen-bond donors (Lipinski definition) is 0. The fourth-order valence-electron chi connectivity index (χ4n) is 1.11. The summed E-state index contributed by atoms with van der Waals surface area (Å²) in [5, 5.41) is 0. The number of ether oxygens (including phenoxy) is 1. The first kappa shape index (κ1) is 8.41. The number of aldehydes is 1. The molecule has 0 aromatic rings. The lowest BCUT2D eigenvalue weighted by molar-refractivity contribution is -0.111. The van der Waals surface area contributed by atoms with Crippen LogP contribution in [-0.2, 0) is 9.53 Å². The van der Waals surface area contributed by atoms with Gasteiger partial charge in [-0.05, 0) is 18.9 Å². The number of aliphatic imine (C=N–C) groups is 1. The van der Waals surface area contributed by atoms with Gasteiger partial charge in [-0.15, -0.1) is 0 Å². The summed E-state index contributed by atoms with van der Waals surface area (Å²) in [5.74, 6) is -0.257. The Morgan fingerprint density at radius 3 is 3.00 bits per heavy atom. The summed E-state index contributed by atoms with van der Waals surface area (Å²) in [5.41, 5.74) is 0.